The highest BCUT2D eigenvalue weighted by molar-refractivity contribution is 5.73. The van der Waals surface area contributed by atoms with E-state index in [2.05, 4.69) is 6.92 Å². The van der Waals surface area contributed by atoms with Crippen LogP contribution in [0.1, 0.15) is 90.9 Å². The van der Waals surface area contributed by atoms with Crippen molar-refractivity contribution in [3.63, 3.8) is 0 Å². The Morgan fingerprint density at radius 1 is 0.750 bits per heavy atom. The fourth-order valence-corrected chi connectivity index (χ4v) is 1.83. The summed E-state index contributed by atoms with van der Waals surface area (Å²) in [6.07, 6.45) is 12.8. The highest BCUT2D eigenvalue weighted by atomic mass is 16.4. The third kappa shape index (κ3) is 25.7. The van der Waals surface area contributed by atoms with Crippen LogP contribution in [0.2, 0.25) is 0 Å². The van der Waals surface area contributed by atoms with Crippen molar-refractivity contribution in [2.45, 2.75) is 90.9 Å². The predicted octanol–water partition coefficient (Wildman–Crippen LogP) is 4.26. The van der Waals surface area contributed by atoms with Gasteiger partial charge in [0.25, 0.3) is 0 Å². The van der Waals surface area contributed by atoms with Crippen molar-refractivity contribution in [2.75, 3.05) is 0 Å². The van der Waals surface area contributed by atoms with Gasteiger partial charge in [-0.25, -0.2) is 0 Å². The SMILES string of the molecule is CCCC(N)=O.CCCCCCCCCCCC(=O)O. The van der Waals surface area contributed by atoms with Crippen LogP contribution in [0.25, 0.3) is 0 Å². The van der Waals surface area contributed by atoms with Crippen LogP contribution in [0.4, 0.5) is 0 Å². The number of primary amides is 1. The molecule has 0 saturated heterocycles. The Morgan fingerprint density at radius 2 is 1.20 bits per heavy atom. The lowest BCUT2D eigenvalue weighted by Crippen LogP contribution is -2.08. The summed E-state index contributed by atoms with van der Waals surface area (Å²) in [5.41, 5.74) is 4.76. The standard InChI is InChI=1S/C12H24O2.C4H9NO/c1-2-3-4-5-6-7-8-9-10-11-12(13)14;1-2-3-4(5)6/h2-11H2,1H3,(H,13,14);2-3H2,1H3,(H2,5,6). The van der Waals surface area contributed by atoms with Gasteiger partial charge in [0.1, 0.15) is 0 Å². The van der Waals surface area contributed by atoms with Crippen LogP contribution < -0.4 is 5.73 Å². The average Bonchev–Trinajstić information content (AvgIpc) is 2.37. The van der Waals surface area contributed by atoms with Gasteiger partial charge in [-0.15, -0.1) is 0 Å². The van der Waals surface area contributed by atoms with Gasteiger partial charge in [0, 0.05) is 12.8 Å². The van der Waals surface area contributed by atoms with Gasteiger partial charge >= 0.3 is 5.97 Å². The molecule has 4 nitrogen and oxygen atoms in total. The van der Waals surface area contributed by atoms with Crippen molar-refractivity contribution in [3.8, 4) is 0 Å². The van der Waals surface area contributed by atoms with Crippen molar-refractivity contribution in [2.24, 2.45) is 5.73 Å². The van der Waals surface area contributed by atoms with E-state index in [1.54, 1.807) is 0 Å². The minimum absolute atomic E-state index is 0.211. The molecule has 0 saturated carbocycles. The van der Waals surface area contributed by atoms with Crippen LogP contribution >= 0.6 is 0 Å². The number of unbranched alkanes of at least 4 members (excludes halogenated alkanes) is 8. The smallest absolute Gasteiger partial charge is 0.303 e. The molecule has 0 aromatic rings. The van der Waals surface area contributed by atoms with Crippen LogP contribution in [0.5, 0.6) is 0 Å². The maximum atomic E-state index is 10.2. The lowest BCUT2D eigenvalue weighted by Gasteiger charge is -2.00. The normalized spacial score (nSPS) is 9.70. The first-order chi connectivity index (χ1) is 9.54. The van der Waals surface area contributed by atoms with Crippen LogP contribution in [0.15, 0.2) is 0 Å². The van der Waals surface area contributed by atoms with Gasteiger partial charge in [0.05, 0.1) is 0 Å². The predicted molar refractivity (Wildman–Crippen MR) is 83.6 cm³/mol. The summed E-state index contributed by atoms with van der Waals surface area (Å²) >= 11 is 0. The zero-order valence-corrected chi connectivity index (χ0v) is 13.3. The number of hydrogen-bond donors (Lipinski definition) is 2. The maximum absolute atomic E-state index is 10.2. The molecule has 0 atom stereocenters. The van der Waals surface area contributed by atoms with E-state index in [-0.39, 0.29) is 5.91 Å². The van der Waals surface area contributed by atoms with E-state index in [1.807, 2.05) is 6.92 Å². The zero-order valence-electron chi connectivity index (χ0n) is 13.3. The third-order valence-electron chi connectivity index (χ3n) is 2.99. The number of nitrogens with two attached hydrogens (primary N) is 1. The monoisotopic (exact) mass is 287 g/mol. The fraction of sp³-hybridized carbons (Fsp3) is 0.875. The molecule has 0 heterocycles. The highest BCUT2D eigenvalue weighted by Gasteiger charge is 1.96. The second kappa shape index (κ2) is 17.9. The van der Waals surface area contributed by atoms with E-state index in [4.69, 9.17) is 10.8 Å². The molecule has 0 aromatic carbocycles. The molecule has 0 radical (unpaired) electrons. The minimum Gasteiger partial charge on any atom is -0.481 e. The minimum atomic E-state index is -0.659. The van der Waals surface area contributed by atoms with Crippen molar-refractivity contribution < 1.29 is 14.7 Å². The molecular formula is C16H33NO3. The Balaban J connectivity index is 0. The van der Waals surface area contributed by atoms with Gasteiger partial charge in [-0.1, -0.05) is 65.2 Å². The van der Waals surface area contributed by atoms with Crippen molar-refractivity contribution in [1.82, 2.24) is 0 Å². The van der Waals surface area contributed by atoms with Gasteiger partial charge in [0.2, 0.25) is 5.91 Å². The van der Waals surface area contributed by atoms with Crippen LogP contribution in [0, 0.1) is 0 Å². The number of carboxylic acid groups (broad SMARTS) is 1. The molecule has 0 aliphatic carbocycles. The Bertz CT molecular complexity index is 230. The summed E-state index contributed by atoms with van der Waals surface area (Å²) in [5, 5.41) is 8.41. The van der Waals surface area contributed by atoms with Crippen molar-refractivity contribution in [1.29, 1.82) is 0 Å². The Kier molecular flexibility index (Phi) is 19.1. The maximum Gasteiger partial charge on any atom is 0.303 e. The summed E-state index contributed by atoms with van der Waals surface area (Å²) in [6, 6.07) is 0. The van der Waals surface area contributed by atoms with E-state index in [1.165, 1.54) is 44.9 Å². The van der Waals surface area contributed by atoms with Gasteiger partial charge in [0.15, 0.2) is 0 Å². The second-order valence-corrected chi connectivity index (χ2v) is 5.19. The summed E-state index contributed by atoms with van der Waals surface area (Å²) < 4.78 is 0. The molecule has 0 fully saturated rings. The van der Waals surface area contributed by atoms with E-state index >= 15 is 0 Å². The van der Waals surface area contributed by atoms with Gasteiger partial charge in [-0.05, 0) is 12.8 Å². The molecule has 0 aliphatic heterocycles. The van der Waals surface area contributed by atoms with E-state index in [0.29, 0.717) is 12.8 Å². The quantitative estimate of drug-likeness (QED) is 0.526. The molecule has 0 unspecified atom stereocenters. The lowest BCUT2D eigenvalue weighted by atomic mass is 10.1. The van der Waals surface area contributed by atoms with Crippen molar-refractivity contribution in [3.05, 3.63) is 0 Å². The number of rotatable bonds is 12. The second-order valence-electron chi connectivity index (χ2n) is 5.19. The molecule has 0 aliphatic rings. The molecule has 1 amide bonds. The number of carbonyl (C=O) groups excluding carboxylic acids is 1. The van der Waals surface area contributed by atoms with Crippen LogP contribution in [-0.2, 0) is 9.59 Å². The van der Waals surface area contributed by atoms with Gasteiger partial charge < -0.3 is 10.8 Å². The first-order valence-corrected chi connectivity index (χ1v) is 8.04. The Labute approximate surface area is 124 Å². The summed E-state index contributed by atoms with van der Waals surface area (Å²) in [4.78, 5) is 20.0. The molecule has 3 N–H and O–H groups in total. The zero-order chi connectivity index (χ0) is 15.6. The van der Waals surface area contributed by atoms with E-state index in [9.17, 15) is 9.59 Å². The Morgan fingerprint density at radius 3 is 1.50 bits per heavy atom. The fourth-order valence-electron chi connectivity index (χ4n) is 1.83. The molecule has 0 rings (SSSR count). The molecule has 0 bridgehead atoms. The summed E-state index contributed by atoms with van der Waals surface area (Å²) in [7, 11) is 0. The first-order valence-electron chi connectivity index (χ1n) is 8.04. The summed E-state index contributed by atoms with van der Waals surface area (Å²) in [5.74, 6) is -0.870. The van der Waals surface area contributed by atoms with Crippen molar-refractivity contribution >= 4 is 11.9 Å². The van der Waals surface area contributed by atoms with Gasteiger partial charge in [-0.2, -0.15) is 0 Å². The third-order valence-corrected chi connectivity index (χ3v) is 2.99. The molecule has 4 heteroatoms. The Hall–Kier alpha value is -1.06. The summed E-state index contributed by atoms with van der Waals surface area (Å²) in [6.45, 7) is 4.15. The highest BCUT2D eigenvalue weighted by Crippen LogP contribution is 2.10. The van der Waals surface area contributed by atoms with Crippen LogP contribution in [0.3, 0.4) is 0 Å². The largest absolute Gasteiger partial charge is 0.481 e. The number of hydrogen-bond acceptors (Lipinski definition) is 2. The topological polar surface area (TPSA) is 80.4 Å². The van der Waals surface area contributed by atoms with Crippen LogP contribution in [-0.4, -0.2) is 17.0 Å². The number of carbonyl (C=O) groups is 2. The van der Waals surface area contributed by atoms with Gasteiger partial charge in [-0.3, -0.25) is 9.59 Å². The van der Waals surface area contributed by atoms with E-state index in [0.717, 1.165) is 19.3 Å². The number of aliphatic carboxylic acids is 1. The molecule has 0 aromatic heterocycles. The molecule has 120 valence electrons. The number of carboxylic acids is 1. The molecular weight excluding hydrogens is 254 g/mol. The molecule has 20 heavy (non-hydrogen) atoms. The lowest BCUT2D eigenvalue weighted by molar-refractivity contribution is -0.137. The number of amides is 1. The molecule has 0 spiro atoms. The average molecular weight is 287 g/mol. The van der Waals surface area contributed by atoms with E-state index < -0.39 is 5.97 Å². The first kappa shape index (κ1) is 21.2.